The van der Waals surface area contributed by atoms with Crippen LogP contribution in [0.3, 0.4) is 0 Å². The van der Waals surface area contributed by atoms with Crippen LogP contribution in [0.1, 0.15) is 36.5 Å². The summed E-state index contributed by atoms with van der Waals surface area (Å²) < 4.78 is 5.67. The molecule has 0 saturated carbocycles. The third-order valence-corrected chi connectivity index (χ3v) is 4.60. The fraction of sp³-hybridized carbons (Fsp3) is 0.217. The number of unbranched alkanes of at least 4 members (excludes halogenated alkanes) is 2. The van der Waals surface area contributed by atoms with Crippen LogP contribution in [-0.2, 0) is 0 Å². The van der Waals surface area contributed by atoms with Crippen molar-refractivity contribution < 1.29 is 9.53 Å². The van der Waals surface area contributed by atoms with Crippen molar-refractivity contribution in [2.75, 3.05) is 11.9 Å². The largest absolute Gasteiger partial charge is 0.494 e. The normalized spacial score (nSPS) is 10.5. The average molecular weight is 393 g/mol. The van der Waals surface area contributed by atoms with E-state index < -0.39 is 0 Å². The van der Waals surface area contributed by atoms with Gasteiger partial charge in [-0.2, -0.15) is 0 Å². The molecular weight excluding hydrogens is 368 g/mol. The summed E-state index contributed by atoms with van der Waals surface area (Å²) in [5, 5.41) is 8.26. The molecule has 0 aliphatic heterocycles. The molecule has 0 saturated heterocycles. The van der Waals surface area contributed by atoms with Gasteiger partial charge >= 0.3 is 0 Å². The van der Waals surface area contributed by atoms with Gasteiger partial charge in [0.05, 0.1) is 6.61 Å². The number of carbonyl (C=O) groups is 1. The van der Waals surface area contributed by atoms with Crippen LogP contribution in [0, 0.1) is 0 Å². The summed E-state index contributed by atoms with van der Waals surface area (Å²) in [7, 11) is 0. The average Bonchev–Trinajstić information content (AvgIpc) is 2.72. The van der Waals surface area contributed by atoms with E-state index in [1.54, 1.807) is 12.1 Å². The zero-order valence-corrected chi connectivity index (χ0v) is 16.7. The van der Waals surface area contributed by atoms with Gasteiger partial charge in [0, 0.05) is 16.6 Å². The van der Waals surface area contributed by atoms with E-state index >= 15 is 0 Å². The van der Waals surface area contributed by atoms with Crippen LogP contribution in [-0.4, -0.2) is 17.6 Å². The van der Waals surface area contributed by atoms with E-state index in [0.717, 1.165) is 41.5 Å². The lowest BCUT2D eigenvalue weighted by atomic mass is 10.1. The Kier molecular flexibility index (Phi) is 6.98. The standard InChI is InChI=1S/C23H24N2O2S/c1-2-3-6-16-27-19-14-12-18(13-15-19)22(26)25-23(28)24-21-11-7-9-17-8-4-5-10-20(17)21/h4-5,7-15H,2-3,6,16H2,1H3,(H2,24,25,26,28). The van der Waals surface area contributed by atoms with Gasteiger partial charge in [-0.05, 0) is 54.4 Å². The molecule has 3 aromatic rings. The van der Waals surface area contributed by atoms with E-state index in [4.69, 9.17) is 17.0 Å². The van der Waals surface area contributed by atoms with Gasteiger partial charge in [-0.1, -0.05) is 56.2 Å². The maximum absolute atomic E-state index is 12.4. The minimum atomic E-state index is -0.254. The molecule has 2 N–H and O–H groups in total. The third-order valence-electron chi connectivity index (χ3n) is 4.40. The predicted octanol–water partition coefficient (Wildman–Crippen LogP) is 5.54. The van der Waals surface area contributed by atoms with E-state index in [2.05, 4.69) is 17.6 Å². The summed E-state index contributed by atoms with van der Waals surface area (Å²) >= 11 is 5.32. The van der Waals surface area contributed by atoms with Crippen molar-refractivity contribution in [1.82, 2.24) is 5.32 Å². The molecule has 0 fully saturated rings. The molecule has 0 heterocycles. The molecule has 5 heteroatoms. The zero-order valence-electron chi connectivity index (χ0n) is 15.9. The Morgan fingerprint density at radius 1 is 0.964 bits per heavy atom. The zero-order chi connectivity index (χ0) is 19.8. The highest BCUT2D eigenvalue weighted by molar-refractivity contribution is 7.80. The van der Waals surface area contributed by atoms with Crippen LogP contribution < -0.4 is 15.4 Å². The fourth-order valence-electron chi connectivity index (χ4n) is 2.91. The topological polar surface area (TPSA) is 50.4 Å². The SMILES string of the molecule is CCCCCOc1ccc(C(=O)NC(=S)Nc2cccc3ccccc23)cc1. The monoisotopic (exact) mass is 392 g/mol. The van der Waals surface area contributed by atoms with Gasteiger partial charge < -0.3 is 10.1 Å². The molecule has 0 spiro atoms. The van der Waals surface area contributed by atoms with E-state index in [-0.39, 0.29) is 11.0 Å². The number of benzene rings is 3. The van der Waals surface area contributed by atoms with Gasteiger partial charge in [0.15, 0.2) is 5.11 Å². The second-order valence-corrected chi connectivity index (χ2v) is 6.92. The van der Waals surface area contributed by atoms with Crippen LogP contribution in [0.5, 0.6) is 5.75 Å². The van der Waals surface area contributed by atoms with Crippen LogP contribution in [0.15, 0.2) is 66.7 Å². The maximum atomic E-state index is 12.4. The summed E-state index contributed by atoms with van der Waals surface area (Å²) in [6.07, 6.45) is 3.35. The van der Waals surface area contributed by atoms with Crippen molar-refractivity contribution in [3.8, 4) is 5.75 Å². The maximum Gasteiger partial charge on any atom is 0.257 e. The summed E-state index contributed by atoms with van der Waals surface area (Å²) in [4.78, 5) is 12.4. The number of fused-ring (bicyclic) bond motifs is 1. The number of amides is 1. The lowest BCUT2D eigenvalue weighted by Gasteiger charge is -2.12. The van der Waals surface area contributed by atoms with E-state index in [1.807, 2.05) is 54.6 Å². The number of nitrogens with one attached hydrogen (secondary N) is 2. The Balaban J connectivity index is 1.57. The van der Waals surface area contributed by atoms with Crippen molar-refractivity contribution in [3.05, 3.63) is 72.3 Å². The minimum Gasteiger partial charge on any atom is -0.494 e. The Labute approximate surface area is 170 Å². The first-order chi connectivity index (χ1) is 13.7. The van der Waals surface area contributed by atoms with Gasteiger partial charge in [-0.15, -0.1) is 0 Å². The molecular formula is C23H24N2O2S. The number of hydrogen-bond acceptors (Lipinski definition) is 3. The first-order valence-corrected chi connectivity index (χ1v) is 9.91. The number of rotatable bonds is 7. The summed E-state index contributed by atoms with van der Waals surface area (Å²) in [5.74, 6) is 0.513. The van der Waals surface area contributed by atoms with Gasteiger partial charge in [0.25, 0.3) is 5.91 Å². The lowest BCUT2D eigenvalue weighted by Crippen LogP contribution is -2.34. The molecule has 144 valence electrons. The summed E-state index contributed by atoms with van der Waals surface area (Å²) in [5.41, 5.74) is 1.39. The van der Waals surface area contributed by atoms with Crippen LogP contribution >= 0.6 is 12.2 Å². The van der Waals surface area contributed by atoms with E-state index in [0.29, 0.717) is 12.2 Å². The first kappa shape index (κ1) is 19.8. The van der Waals surface area contributed by atoms with Gasteiger partial charge in [0.1, 0.15) is 5.75 Å². The van der Waals surface area contributed by atoms with Crippen molar-refractivity contribution >= 4 is 39.7 Å². The predicted molar refractivity (Wildman–Crippen MR) is 119 cm³/mol. The van der Waals surface area contributed by atoms with Crippen molar-refractivity contribution in [1.29, 1.82) is 0 Å². The Bertz CT molecular complexity index is 949. The van der Waals surface area contributed by atoms with Gasteiger partial charge in [-0.3, -0.25) is 10.1 Å². The van der Waals surface area contributed by atoms with Crippen molar-refractivity contribution in [2.24, 2.45) is 0 Å². The molecule has 0 atom stereocenters. The molecule has 1 amide bonds. The molecule has 0 aliphatic rings. The molecule has 4 nitrogen and oxygen atoms in total. The highest BCUT2D eigenvalue weighted by Crippen LogP contribution is 2.22. The Hall–Kier alpha value is -2.92. The lowest BCUT2D eigenvalue weighted by molar-refractivity contribution is 0.0977. The van der Waals surface area contributed by atoms with Gasteiger partial charge in [0.2, 0.25) is 0 Å². The quantitative estimate of drug-likeness (QED) is 0.410. The smallest absolute Gasteiger partial charge is 0.257 e. The minimum absolute atomic E-state index is 0.254. The number of carbonyl (C=O) groups excluding carboxylic acids is 1. The third kappa shape index (κ3) is 5.30. The molecule has 28 heavy (non-hydrogen) atoms. The molecule has 0 bridgehead atoms. The highest BCUT2D eigenvalue weighted by Gasteiger charge is 2.09. The molecule has 0 unspecified atom stereocenters. The van der Waals surface area contributed by atoms with E-state index in [9.17, 15) is 4.79 Å². The molecule has 3 aromatic carbocycles. The molecule has 0 aromatic heterocycles. The van der Waals surface area contributed by atoms with E-state index in [1.165, 1.54) is 0 Å². The summed E-state index contributed by atoms with van der Waals surface area (Å²) in [6, 6.07) is 21.0. The fourth-order valence-corrected chi connectivity index (χ4v) is 3.11. The second kappa shape index (κ2) is 9.85. The number of thiocarbonyl (C=S) groups is 1. The van der Waals surface area contributed by atoms with Crippen molar-refractivity contribution in [3.63, 3.8) is 0 Å². The summed E-state index contributed by atoms with van der Waals surface area (Å²) in [6.45, 7) is 2.85. The van der Waals surface area contributed by atoms with Crippen molar-refractivity contribution in [2.45, 2.75) is 26.2 Å². The Morgan fingerprint density at radius 2 is 1.71 bits per heavy atom. The van der Waals surface area contributed by atoms with Crippen LogP contribution in [0.25, 0.3) is 10.8 Å². The van der Waals surface area contributed by atoms with Gasteiger partial charge in [-0.25, -0.2) is 0 Å². The second-order valence-electron chi connectivity index (χ2n) is 6.51. The molecule has 3 rings (SSSR count). The van der Waals surface area contributed by atoms with Crippen LogP contribution in [0.4, 0.5) is 5.69 Å². The first-order valence-electron chi connectivity index (χ1n) is 9.50. The highest BCUT2D eigenvalue weighted by atomic mass is 32.1. The number of ether oxygens (including phenoxy) is 1. The number of hydrogen-bond donors (Lipinski definition) is 2. The van der Waals surface area contributed by atoms with Crippen LogP contribution in [0.2, 0.25) is 0 Å². The Morgan fingerprint density at radius 3 is 2.50 bits per heavy atom. The number of anilines is 1. The molecule has 0 radical (unpaired) electrons. The molecule has 0 aliphatic carbocycles.